The van der Waals surface area contributed by atoms with Crippen molar-refractivity contribution in [1.29, 1.82) is 0 Å². The Kier molecular flexibility index (Phi) is 4.79. The number of aromatic nitrogens is 2. The minimum Gasteiger partial charge on any atom is -0.468 e. The van der Waals surface area contributed by atoms with Crippen molar-refractivity contribution >= 4 is 16.8 Å². The van der Waals surface area contributed by atoms with Crippen molar-refractivity contribution in [1.82, 2.24) is 15.3 Å². The summed E-state index contributed by atoms with van der Waals surface area (Å²) in [7, 11) is 0. The molecular formula is C19H21N3O2. The van der Waals surface area contributed by atoms with E-state index in [9.17, 15) is 4.79 Å². The zero-order valence-electron chi connectivity index (χ0n) is 13.9. The molecule has 5 nitrogen and oxygen atoms in total. The van der Waals surface area contributed by atoms with E-state index in [0.717, 1.165) is 11.9 Å². The average molecular weight is 323 g/mol. The first-order chi connectivity index (χ1) is 11.6. The molecule has 2 heterocycles. The van der Waals surface area contributed by atoms with Crippen LogP contribution in [-0.4, -0.2) is 28.5 Å². The molecule has 0 saturated heterocycles. The summed E-state index contributed by atoms with van der Waals surface area (Å²) < 4.78 is 5.36. The van der Waals surface area contributed by atoms with Crippen LogP contribution in [0.25, 0.3) is 10.9 Å². The van der Waals surface area contributed by atoms with Gasteiger partial charge >= 0.3 is 0 Å². The predicted octanol–water partition coefficient (Wildman–Crippen LogP) is 3.00. The molecule has 1 unspecified atom stereocenters. The standard InChI is InChI=1S/C19H21N3O2/c1-13-6-5-7-16-15(11-21-19(13)16)10-14(2)22-17(23)12-24-18-8-3-4-9-20-18/h3-9,11,14,21H,10,12H2,1-2H3,(H,22,23). The molecule has 0 aliphatic carbocycles. The van der Waals surface area contributed by atoms with Crippen LogP contribution in [0.1, 0.15) is 18.1 Å². The summed E-state index contributed by atoms with van der Waals surface area (Å²) in [5, 5.41) is 4.17. The van der Waals surface area contributed by atoms with Crippen LogP contribution >= 0.6 is 0 Å². The van der Waals surface area contributed by atoms with E-state index >= 15 is 0 Å². The molecule has 0 fully saturated rings. The van der Waals surface area contributed by atoms with Crippen LogP contribution in [-0.2, 0) is 11.2 Å². The van der Waals surface area contributed by atoms with Gasteiger partial charge in [0.05, 0.1) is 0 Å². The van der Waals surface area contributed by atoms with Crippen LogP contribution in [0.4, 0.5) is 0 Å². The third-order valence-corrected chi connectivity index (χ3v) is 3.93. The fourth-order valence-electron chi connectivity index (χ4n) is 2.80. The molecule has 24 heavy (non-hydrogen) atoms. The first-order valence-electron chi connectivity index (χ1n) is 8.02. The SMILES string of the molecule is Cc1cccc2c(CC(C)NC(=O)COc3ccccn3)c[nH]c12. The minimum absolute atomic E-state index is 0.0179. The number of ether oxygens (including phenoxy) is 1. The fourth-order valence-corrected chi connectivity index (χ4v) is 2.80. The molecular weight excluding hydrogens is 302 g/mol. The Bertz CT molecular complexity index is 827. The van der Waals surface area contributed by atoms with Gasteiger partial charge in [-0.2, -0.15) is 0 Å². The van der Waals surface area contributed by atoms with E-state index < -0.39 is 0 Å². The number of amides is 1. The lowest BCUT2D eigenvalue weighted by Crippen LogP contribution is -2.37. The fraction of sp³-hybridized carbons (Fsp3) is 0.263. The highest BCUT2D eigenvalue weighted by molar-refractivity contribution is 5.86. The zero-order valence-corrected chi connectivity index (χ0v) is 13.9. The topological polar surface area (TPSA) is 67.0 Å². The lowest BCUT2D eigenvalue weighted by molar-refractivity contribution is -0.123. The van der Waals surface area contributed by atoms with Crippen LogP contribution in [0.2, 0.25) is 0 Å². The second-order valence-corrected chi connectivity index (χ2v) is 5.94. The molecule has 3 rings (SSSR count). The molecule has 1 atom stereocenters. The quantitative estimate of drug-likeness (QED) is 0.733. The van der Waals surface area contributed by atoms with E-state index in [1.165, 1.54) is 16.5 Å². The smallest absolute Gasteiger partial charge is 0.258 e. The molecule has 1 amide bonds. The number of aryl methyl sites for hydroxylation is 1. The van der Waals surface area contributed by atoms with E-state index in [2.05, 4.69) is 40.4 Å². The second-order valence-electron chi connectivity index (χ2n) is 5.94. The Balaban J connectivity index is 1.55. The van der Waals surface area contributed by atoms with Gasteiger partial charge in [-0.25, -0.2) is 4.98 Å². The van der Waals surface area contributed by atoms with Crippen molar-refractivity contribution in [3.8, 4) is 5.88 Å². The maximum atomic E-state index is 12.0. The van der Waals surface area contributed by atoms with Crippen LogP contribution in [0.3, 0.4) is 0 Å². The summed E-state index contributed by atoms with van der Waals surface area (Å²) in [6.45, 7) is 4.05. The molecule has 0 aliphatic rings. The molecule has 0 radical (unpaired) electrons. The lowest BCUT2D eigenvalue weighted by Gasteiger charge is -2.14. The van der Waals surface area contributed by atoms with Crippen molar-refractivity contribution < 1.29 is 9.53 Å². The molecule has 124 valence electrons. The Morgan fingerprint density at radius 1 is 1.29 bits per heavy atom. The van der Waals surface area contributed by atoms with Gasteiger partial charge in [-0.3, -0.25) is 4.79 Å². The summed E-state index contributed by atoms with van der Waals surface area (Å²) in [6.07, 6.45) is 4.42. The van der Waals surface area contributed by atoms with Gasteiger partial charge in [-0.05, 0) is 37.5 Å². The number of aromatic amines is 1. The Morgan fingerprint density at radius 3 is 2.96 bits per heavy atom. The molecule has 2 aromatic heterocycles. The molecule has 3 aromatic rings. The number of nitrogens with zero attached hydrogens (tertiary/aromatic N) is 1. The Hall–Kier alpha value is -2.82. The molecule has 2 N–H and O–H groups in total. The van der Waals surface area contributed by atoms with Crippen LogP contribution in [0, 0.1) is 6.92 Å². The predicted molar refractivity (Wildman–Crippen MR) is 94.1 cm³/mol. The summed E-state index contributed by atoms with van der Waals surface area (Å²) in [5.41, 5.74) is 3.58. The summed E-state index contributed by atoms with van der Waals surface area (Å²) >= 11 is 0. The van der Waals surface area contributed by atoms with E-state index in [4.69, 9.17) is 4.74 Å². The molecule has 0 bridgehead atoms. The average Bonchev–Trinajstić information content (AvgIpc) is 2.98. The number of hydrogen-bond acceptors (Lipinski definition) is 3. The van der Waals surface area contributed by atoms with Gasteiger partial charge < -0.3 is 15.0 Å². The first kappa shape index (κ1) is 16.1. The largest absolute Gasteiger partial charge is 0.468 e. The molecule has 5 heteroatoms. The van der Waals surface area contributed by atoms with E-state index in [-0.39, 0.29) is 18.6 Å². The highest BCUT2D eigenvalue weighted by atomic mass is 16.5. The lowest BCUT2D eigenvalue weighted by atomic mass is 10.0. The Labute approximate surface area is 141 Å². The number of hydrogen-bond donors (Lipinski definition) is 2. The number of fused-ring (bicyclic) bond motifs is 1. The maximum absolute atomic E-state index is 12.0. The third kappa shape index (κ3) is 3.74. The molecule has 0 spiro atoms. The van der Waals surface area contributed by atoms with Gasteiger partial charge in [0.2, 0.25) is 5.88 Å². The van der Waals surface area contributed by atoms with Crippen molar-refractivity contribution in [3.05, 3.63) is 59.9 Å². The van der Waals surface area contributed by atoms with E-state index in [1.54, 1.807) is 18.3 Å². The number of pyridine rings is 1. The van der Waals surface area contributed by atoms with E-state index in [0.29, 0.717) is 5.88 Å². The summed E-state index contributed by atoms with van der Waals surface area (Å²) in [4.78, 5) is 19.3. The van der Waals surface area contributed by atoms with E-state index in [1.807, 2.05) is 19.2 Å². The highest BCUT2D eigenvalue weighted by Gasteiger charge is 2.12. The number of H-pyrrole nitrogens is 1. The van der Waals surface area contributed by atoms with Gasteiger partial charge in [0.1, 0.15) is 0 Å². The van der Waals surface area contributed by atoms with Gasteiger partial charge in [0.15, 0.2) is 6.61 Å². The van der Waals surface area contributed by atoms with Gasteiger partial charge in [0, 0.05) is 35.4 Å². The van der Waals surface area contributed by atoms with Crippen LogP contribution in [0.15, 0.2) is 48.8 Å². The van der Waals surface area contributed by atoms with Crippen molar-refractivity contribution in [2.45, 2.75) is 26.3 Å². The second kappa shape index (κ2) is 7.17. The first-order valence-corrected chi connectivity index (χ1v) is 8.02. The highest BCUT2D eigenvalue weighted by Crippen LogP contribution is 2.22. The van der Waals surface area contributed by atoms with Crippen molar-refractivity contribution in [3.63, 3.8) is 0 Å². The molecule has 1 aromatic carbocycles. The number of rotatable bonds is 6. The van der Waals surface area contributed by atoms with Crippen molar-refractivity contribution in [2.75, 3.05) is 6.61 Å². The maximum Gasteiger partial charge on any atom is 0.258 e. The van der Waals surface area contributed by atoms with Crippen molar-refractivity contribution in [2.24, 2.45) is 0 Å². The number of para-hydroxylation sites is 1. The monoisotopic (exact) mass is 323 g/mol. The molecule has 0 aliphatic heterocycles. The van der Waals surface area contributed by atoms with Gasteiger partial charge in [0.25, 0.3) is 5.91 Å². The third-order valence-electron chi connectivity index (χ3n) is 3.93. The van der Waals surface area contributed by atoms with Crippen LogP contribution < -0.4 is 10.1 Å². The zero-order chi connectivity index (χ0) is 16.9. The Morgan fingerprint density at radius 2 is 2.17 bits per heavy atom. The summed E-state index contributed by atoms with van der Waals surface area (Å²) in [6, 6.07) is 11.6. The number of nitrogens with one attached hydrogen (secondary N) is 2. The number of carbonyl (C=O) groups excluding carboxylic acids is 1. The van der Waals surface area contributed by atoms with Gasteiger partial charge in [-0.15, -0.1) is 0 Å². The normalized spacial score (nSPS) is 12.1. The van der Waals surface area contributed by atoms with Gasteiger partial charge in [-0.1, -0.05) is 24.3 Å². The molecule has 0 saturated carbocycles. The summed E-state index contributed by atoms with van der Waals surface area (Å²) in [5.74, 6) is 0.302. The number of carbonyl (C=O) groups is 1. The minimum atomic E-state index is -0.149. The number of benzene rings is 1. The van der Waals surface area contributed by atoms with Crippen LogP contribution in [0.5, 0.6) is 5.88 Å².